The highest BCUT2D eigenvalue weighted by Gasteiger charge is 2.08. The van der Waals surface area contributed by atoms with Gasteiger partial charge in [0, 0.05) is 0 Å². The predicted octanol–water partition coefficient (Wildman–Crippen LogP) is 2.54. The highest BCUT2D eigenvalue weighted by molar-refractivity contribution is 5.19. The molecule has 1 heterocycles. The zero-order valence-corrected chi connectivity index (χ0v) is 11.0. The van der Waals surface area contributed by atoms with E-state index in [-0.39, 0.29) is 0 Å². The van der Waals surface area contributed by atoms with Crippen molar-refractivity contribution < 1.29 is 4.42 Å². The molecule has 0 fully saturated rings. The fourth-order valence-corrected chi connectivity index (χ4v) is 1.81. The number of rotatable bonds is 7. The quantitative estimate of drug-likeness (QED) is 0.771. The molecule has 0 saturated heterocycles. The lowest BCUT2D eigenvalue weighted by atomic mass is 10.2. The smallest absolute Gasteiger partial charge is 0.120 e. The summed E-state index contributed by atoms with van der Waals surface area (Å²) in [6, 6.07) is 2.15. The molecule has 0 aromatic carbocycles. The van der Waals surface area contributed by atoms with Crippen LogP contribution in [0.4, 0.5) is 0 Å². The first kappa shape index (κ1) is 13.3. The minimum absolute atomic E-state index is 0.833. The Labute approximate surface area is 98.8 Å². The number of nitrogens with zero attached hydrogens (tertiary/aromatic N) is 1. The fourth-order valence-electron chi connectivity index (χ4n) is 1.81. The van der Waals surface area contributed by atoms with Crippen LogP contribution in [0.25, 0.3) is 0 Å². The summed E-state index contributed by atoms with van der Waals surface area (Å²) >= 11 is 0. The van der Waals surface area contributed by atoms with Crippen LogP contribution in [-0.2, 0) is 13.1 Å². The highest BCUT2D eigenvalue weighted by atomic mass is 16.3. The molecule has 3 heteroatoms. The van der Waals surface area contributed by atoms with Crippen molar-refractivity contribution in [1.82, 2.24) is 10.2 Å². The highest BCUT2D eigenvalue weighted by Crippen LogP contribution is 2.15. The molecule has 1 aromatic rings. The van der Waals surface area contributed by atoms with Crippen LogP contribution in [0.2, 0.25) is 0 Å². The molecule has 0 aliphatic rings. The van der Waals surface area contributed by atoms with E-state index in [2.05, 4.69) is 44.1 Å². The topological polar surface area (TPSA) is 28.4 Å². The average Bonchev–Trinajstić information content (AvgIpc) is 2.56. The molecule has 0 saturated carbocycles. The van der Waals surface area contributed by atoms with Crippen molar-refractivity contribution in [2.75, 3.05) is 20.1 Å². The summed E-state index contributed by atoms with van der Waals surface area (Å²) in [5.74, 6) is 2.14. The van der Waals surface area contributed by atoms with Gasteiger partial charge in [-0.25, -0.2) is 0 Å². The molecule has 0 aliphatic heterocycles. The lowest BCUT2D eigenvalue weighted by Crippen LogP contribution is -2.18. The molecule has 1 N–H and O–H groups in total. The Morgan fingerprint density at radius 1 is 1.38 bits per heavy atom. The third-order valence-electron chi connectivity index (χ3n) is 2.64. The SMILES string of the molecule is CCCN(C)Cc1cc(C)c(CNCC)o1. The van der Waals surface area contributed by atoms with Gasteiger partial charge in [-0.05, 0) is 45.1 Å². The molecular weight excluding hydrogens is 200 g/mol. The van der Waals surface area contributed by atoms with Gasteiger partial charge in [0.2, 0.25) is 0 Å². The van der Waals surface area contributed by atoms with Gasteiger partial charge in [-0.2, -0.15) is 0 Å². The Kier molecular flexibility index (Phi) is 5.56. The minimum atomic E-state index is 0.833. The van der Waals surface area contributed by atoms with Crippen molar-refractivity contribution in [3.63, 3.8) is 0 Å². The van der Waals surface area contributed by atoms with E-state index >= 15 is 0 Å². The molecule has 3 nitrogen and oxygen atoms in total. The largest absolute Gasteiger partial charge is 0.463 e. The summed E-state index contributed by atoms with van der Waals surface area (Å²) in [5, 5.41) is 3.29. The number of hydrogen-bond donors (Lipinski definition) is 1. The van der Waals surface area contributed by atoms with Gasteiger partial charge in [0.15, 0.2) is 0 Å². The van der Waals surface area contributed by atoms with E-state index in [4.69, 9.17) is 4.42 Å². The second kappa shape index (κ2) is 6.71. The summed E-state index contributed by atoms with van der Waals surface area (Å²) in [4.78, 5) is 2.29. The summed E-state index contributed by atoms with van der Waals surface area (Å²) in [7, 11) is 2.13. The molecule has 1 rings (SSSR count). The first-order valence-corrected chi connectivity index (χ1v) is 6.14. The normalized spacial score (nSPS) is 11.3. The second-order valence-corrected chi connectivity index (χ2v) is 4.34. The van der Waals surface area contributed by atoms with E-state index in [1.807, 2.05) is 0 Å². The Hall–Kier alpha value is -0.800. The molecule has 0 atom stereocenters. The molecule has 0 aliphatic carbocycles. The maximum absolute atomic E-state index is 5.83. The van der Waals surface area contributed by atoms with E-state index in [1.54, 1.807) is 0 Å². The van der Waals surface area contributed by atoms with E-state index < -0.39 is 0 Å². The Balaban J connectivity index is 2.54. The summed E-state index contributed by atoms with van der Waals surface area (Å²) < 4.78 is 5.83. The predicted molar refractivity (Wildman–Crippen MR) is 67.5 cm³/mol. The van der Waals surface area contributed by atoms with Crippen LogP contribution in [0.15, 0.2) is 10.5 Å². The average molecular weight is 224 g/mol. The van der Waals surface area contributed by atoms with Gasteiger partial charge in [0.05, 0.1) is 13.1 Å². The number of furan rings is 1. The number of aryl methyl sites for hydroxylation is 1. The van der Waals surface area contributed by atoms with Crippen molar-refractivity contribution in [2.45, 2.75) is 40.3 Å². The standard InChI is InChI=1S/C13H24N2O/c1-5-7-15(4)10-12-8-11(3)13(16-12)9-14-6-2/h8,14H,5-7,9-10H2,1-4H3. The maximum atomic E-state index is 5.83. The number of nitrogens with one attached hydrogen (secondary N) is 1. The van der Waals surface area contributed by atoms with Gasteiger partial charge in [-0.15, -0.1) is 0 Å². The van der Waals surface area contributed by atoms with Gasteiger partial charge in [0.1, 0.15) is 11.5 Å². The van der Waals surface area contributed by atoms with Crippen molar-refractivity contribution in [3.05, 3.63) is 23.2 Å². The van der Waals surface area contributed by atoms with Crippen LogP contribution in [-0.4, -0.2) is 25.0 Å². The van der Waals surface area contributed by atoms with Gasteiger partial charge in [-0.3, -0.25) is 4.90 Å². The first-order valence-electron chi connectivity index (χ1n) is 6.14. The van der Waals surface area contributed by atoms with Gasteiger partial charge in [0.25, 0.3) is 0 Å². The molecule has 92 valence electrons. The lowest BCUT2D eigenvalue weighted by molar-refractivity contribution is 0.290. The van der Waals surface area contributed by atoms with Crippen LogP contribution in [0, 0.1) is 6.92 Å². The van der Waals surface area contributed by atoms with Crippen LogP contribution in [0.3, 0.4) is 0 Å². The van der Waals surface area contributed by atoms with Gasteiger partial charge >= 0.3 is 0 Å². The van der Waals surface area contributed by atoms with E-state index in [0.29, 0.717) is 0 Å². The zero-order chi connectivity index (χ0) is 12.0. The molecule has 0 amide bonds. The molecule has 0 spiro atoms. The molecule has 0 radical (unpaired) electrons. The summed E-state index contributed by atoms with van der Waals surface area (Å²) in [5.41, 5.74) is 1.25. The second-order valence-electron chi connectivity index (χ2n) is 4.34. The Bertz CT molecular complexity index is 307. The van der Waals surface area contributed by atoms with Crippen LogP contribution >= 0.6 is 0 Å². The molecule has 16 heavy (non-hydrogen) atoms. The Morgan fingerprint density at radius 3 is 2.75 bits per heavy atom. The van der Waals surface area contributed by atoms with Crippen molar-refractivity contribution in [3.8, 4) is 0 Å². The van der Waals surface area contributed by atoms with Gasteiger partial charge in [-0.1, -0.05) is 13.8 Å². The van der Waals surface area contributed by atoms with E-state index in [1.165, 1.54) is 12.0 Å². The zero-order valence-electron chi connectivity index (χ0n) is 11.0. The third kappa shape index (κ3) is 3.99. The summed E-state index contributed by atoms with van der Waals surface area (Å²) in [6.07, 6.45) is 1.18. The monoisotopic (exact) mass is 224 g/mol. The summed E-state index contributed by atoms with van der Waals surface area (Å²) in [6.45, 7) is 10.2. The first-order chi connectivity index (χ1) is 7.67. The maximum Gasteiger partial charge on any atom is 0.120 e. The minimum Gasteiger partial charge on any atom is -0.463 e. The third-order valence-corrected chi connectivity index (χ3v) is 2.64. The van der Waals surface area contributed by atoms with Gasteiger partial charge < -0.3 is 9.73 Å². The molecular formula is C13H24N2O. The van der Waals surface area contributed by atoms with Crippen LogP contribution < -0.4 is 5.32 Å². The van der Waals surface area contributed by atoms with E-state index in [9.17, 15) is 0 Å². The molecule has 0 bridgehead atoms. The molecule has 1 aromatic heterocycles. The lowest BCUT2D eigenvalue weighted by Gasteiger charge is -2.12. The van der Waals surface area contributed by atoms with Crippen molar-refractivity contribution in [2.24, 2.45) is 0 Å². The fraction of sp³-hybridized carbons (Fsp3) is 0.692. The van der Waals surface area contributed by atoms with Crippen LogP contribution in [0.1, 0.15) is 37.4 Å². The van der Waals surface area contributed by atoms with Crippen molar-refractivity contribution in [1.29, 1.82) is 0 Å². The number of hydrogen-bond acceptors (Lipinski definition) is 3. The Morgan fingerprint density at radius 2 is 2.12 bits per heavy atom. The van der Waals surface area contributed by atoms with E-state index in [0.717, 1.165) is 37.7 Å². The molecule has 0 unspecified atom stereocenters. The van der Waals surface area contributed by atoms with Crippen LogP contribution in [0.5, 0.6) is 0 Å². The van der Waals surface area contributed by atoms with Crippen molar-refractivity contribution >= 4 is 0 Å².